The first-order chi connectivity index (χ1) is 13.5. The summed E-state index contributed by atoms with van der Waals surface area (Å²) in [5.41, 5.74) is 8.63. The molecule has 28 heavy (non-hydrogen) atoms. The summed E-state index contributed by atoms with van der Waals surface area (Å²) in [6.07, 6.45) is 1.52. The van der Waals surface area contributed by atoms with E-state index in [1.807, 2.05) is 36.4 Å². The van der Waals surface area contributed by atoms with Gasteiger partial charge in [-0.25, -0.2) is 9.97 Å². The van der Waals surface area contributed by atoms with Gasteiger partial charge in [0.2, 0.25) is 0 Å². The zero-order valence-electron chi connectivity index (χ0n) is 15.1. The number of nitrogens with zero attached hydrogens (tertiary/aromatic N) is 2. The van der Waals surface area contributed by atoms with Crippen LogP contribution in [0.5, 0.6) is 0 Å². The van der Waals surface area contributed by atoms with E-state index >= 15 is 0 Å². The van der Waals surface area contributed by atoms with Crippen LogP contribution in [0.2, 0.25) is 0 Å². The van der Waals surface area contributed by atoms with Crippen molar-refractivity contribution >= 4 is 40.2 Å². The largest absolute Gasteiger partial charge is 0.382 e. The van der Waals surface area contributed by atoms with Crippen LogP contribution in [0, 0.1) is 3.57 Å². The third-order valence-corrected chi connectivity index (χ3v) is 4.74. The van der Waals surface area contributed by atoms with Gasteiger partial charge in [0.1, 0.15) is 0 Å². The van der Waals surface area contributed by atoms with Gasteiger partial charge in [-0.05, 0) is 58.5 Å². The zero-order chi connectivity index (χ0) is 20.1. The number of hydrogen-bond donors (Lipinski definition) is 3. The highest BCUT2D eigenvalue weighted by molar-refractivity contribution is 14.1. The summed E-state index contributed by atoms with van der Waals surface area (Å²) in [5.74, 6) is -0.465. The molecule has 1 aromatic heterocycles. The van der Waals surface area contributed by atoms with Crippen molar-refractivity contribution in [3.8, 4) is 11.3 Å². The van der Waals surface area contributed by atoms with Crippen molar-refractivity contribution in [1.29, 1.82) is 0 Å². The fraction of sp³-hybridized carbons (Fsp3) is 0.100. The number of nitrogen functional groups attached to an aromatic ring is 1. The topological polar surface area (TPSA) is 110 Å². The Morgan fingerprint density at radius 3 is 2.57 bits per heavy atom. The molecule has 0 aliphatic carbocycles. The molecule has 0 aliphatic heterocycles. The van der Waals surface area contributed by atoms with Gasteiger partial charge < -0.3 is 16.4 Å². The molecule has 0 unspecified atom stereocenters. The number of nitrogens with one attached hydrogen (secondary N) is 2. The number of hydrogen-bond acceptors (Lipinski definition) is 5. The van der Waals surface area contributed by atoms with Gasteiger partial charge in [0.15, 0.2) is 11.5 Å². The molecular formula is C20H18IN5O2. The van der Waals surface area contributed by atoms with Crippen molar-refractivity contribution in [2.24, 2.45) is 0 Å². The minimum atomic E-state index is -0.396. The molecule has 0 aliphatic rings. The van der Waals surface area contributed by atoms with E-state index in [1.165, 1.54) is 13.2 Å². The van der Waals surface area contributed by atoms with Crippen LogP contribution in [0.4, 0.5) is 5.82 Å². The van der Waals surface area contributed by atoms with Crippen LogP contribution in [0.15, 0.2) is 54.7 Å². The molecule has 0 saturated carbocycles. The summed E-state index contributed by atoms with van der Waals surface area (Å²) in [6.45, 7) is 0.364. The molecule has 4 N–H and O–H groups in total. The molecule has 7 nitrogen and oxygen atoms in total. The van der Waals surface area contributed by atoms with E-state index in [2.05, 4.69) is 43.2 Å². The van der Waals surface area contributed by atoms with Gasteiger partial charge in [-0.1, -0.05) is 18.2 Å². The molecule has 2 amide bonds. The lowest BCUT2D eigenvalue weighted by atomic mass is 10.1. The fourth-order valence-corrected chi connectivity index (χ4v) is 2.91. The molecule has 0 radical (unpaired) electrons. The standard InChI is InChI=1S/C20H18IN5O2/c1-23-20(28)17-18(22)24-11-16(26-17)14-4-2-3-12(9-14)10-25-19(27)13-5-7-15(21)8-6-13/h2-9,11H,10H2,1H3,(H2,22,24)(H,23,28)(H,25,27). The third-order valence-electron chi connectivity index (χ3n) is 4.03. The molecule has 8 heteroatoms. The van der Waals surface area contributed by atoms with Crippen molar-refractivity contribution in [2.75, 3.05) is 12.8 Å². The molecule has 2 aromatic carbocycles. The summed E-state index contributed by atoms with van der Waals surface area (Å²) in [7, 11) is 1.51. The molecule has 0 spiro atoms. The maximum atomic E-state index is 12.3. The number of carbonyl (C=O) groups excluding carboxylic acids is 2. The van der Waals surface area contributed by atoms with Crippen molar-refractivity contribution < 1.29 is 9.59 Å². The van der Waals surface area contributed by atoms with E-state index in [-0.39, 0.29) is 17.4 Å². The minimum Gasteiger partial charge on any atom is -0.382 e. The lowest BCUT2D eigenvalue weighted by Gasteiger charge is -2.09. The summed E-state index contributed by atoms with van der Waals surface area (Å²) >= 11 is 2.19. The van der Waals surface area contributed by atoms with Gasteiger partial charge >= 0.3 is 0 Å². The van der Waals surface area contributed by atoms with Crippen LogP contribution in [0.1, 0.15) is 26.4 Å². The number of nitrogens with two attached hydrogens (primary N) is 1. The molecule has 3 aromatic rings. The number of halogens is 1. The number of amides is 2. The second kappa shape index (κ2) is 8.79. The first kappa shape index (κ1) is 19.7. The highest BCUT2D eigenvalue weighted by Crippen LogP contribution is 2.20. The Balaban J connectivity index is 1.76. The summed E-state index contributed by atoms with van der Waals surface area (Å²) in [4.78, 5) is 32.5. The van der Waals surface area contributed by atoms with E-state index in [9.17, 15) is 9.59 Å². The molecule has 3 rings (SSSR count). The maximum Gasteiger partial charge on any atom is 0.273 e. The number of aromatic nitrogens is 2. The molecule has 0 bridgehead atoms. The number of anilines is 1. The average Bonchev–Trinajstić information content (AvgIpc) is 2.72. The Labute approximate surface area is 175 Å². The van der Waals surface area contributed by atoms with Crippen LogP contribution in [-0.2, 0) is 6.54 Å². The summed E-state index contributed by atoms with van der Waals surface area (Å²) in [6, 6.07) is 14.9. The predicted molar refractivity (Wildman–Crippen MR) is 116 cm³/mol. The van der Waals surface area contributed by atoms with Crippen molar-refractivity contribution in [1.82, 2.24) is 20.6 Å². The number of carbonyl (C=O) groups is 2. The van der Waals surface area contributed by atoms with Gasteiger partial charge in [-0.2, -0.15) is 0 Å². The second-order valence-corrected chi connectivity index (χ2v) is 7.20. The average molecular weight is 487 g/mol. The van der Waals surface area contributed by atoms with E-state index in [0.29, 0.717) is 17.8 Å². The number of rotatable bonds is 5. The summed E-state index contributed by atoms with van der Waals surface area (Å²) in [5, 5.41) is 5.39. The van der Waals surface area contributed by atoms with E-state index in [4.69, 9.17) is 5.73 Å². The highest BCUT2D eigenvalue weighted by atomic mass is 127. The van der Waals surface area contributed by atoms with Crippen LogP contribution < -0.4 is 16.4 Å². The Kier molecular flexibility index (Phi) is 6.19. The molecule has 142 valence electrons. The molecule has 1 heterocycles. The predicted octanol–water partition coefficient (Wildman–Crippen LogP) is 2.62. The second-order valence-electron chi connectivity index (χ2n) is 5.96. The fourth-order valence-electron chi connectivity index (χ4n) is 2.55. The number of benzene rings is 2. The van der Waals surface area contributed by atoms with Gasteiger partial charge in [0, 0.05) is 28.3 Å². The van der Waals surface area contributed by atoms with E-state index in [0.717, 1.165) is 14.7 Å². The Bertz CT molecular complexity index is 1020. The quantitative estimate of drug-likeness (QED) is 0.480. The Morgan fingerprint density at radius 1 is 1.11 bits per heavy atom. The Hall–Kier alpha value is -3.01. The molecular weight excluding hydrogens is 469 g/mol. The van der Waals surface area contributed by atoms with Crippen LogP contribution in [0.25, 0.3) is 11.3 Å². The lowest BCUT2D eigenvalue weighted by Crippen LogP contribution is -2.22. The monoisotopic (exact) mass is 487 g/mol. The molecule has 0 fully saturated rings. The molecule has 0 atom stereocenters. The Morgan fingerprint density at radius 2 is 1.86 bits per heavy atom. The first-order valence-electron chi connectivity index (χ1n) is 8.45. The van der Waals surface area contributed by atoms with Gasteiger partial charge in [-0.3, -0.25) is 9.59 Å². The third kappa shape index (κ3) is 4.63. The minimum absolute atomic E-state index is 0.0732. The van der Waals surface area contributed by atoms with E-state index in [1.54, 1.807) is 12.1 Å². The van der Waals surface area contributed by atoms with Crippen LogP contribution in [0.3, 0.4) is 0 Å². The van der Waals surface area contributed by atoms with Crippen LogP contribution in [-0.4, -0.2) is 28.8 Å². The van der Waals surface area contributed by atoms with Gasteiger partial charge in [0.25, 0.3) is 11.8 Å². The normalized spacial score (nSPS) is 10.4. The lowest BCUT2D eigenvalue weighted by molar-refractivity contribution is 0.0946. The van der Waals surface area contributed by atoms with Gasteiger partial charge in [0.05, 0.1) is 11.9 Å². The smallest absolute Gasteiger partial charge is 0.273 e. The maximum absolute atomic E-state index is 12.3. The highest BCUT2D eigenvalue weighted by Gasteiger charge is 2.13. The van der Waals surface area contributed by atoms with Crippen molar-refractivity contribution in [3.63, 3.8) is 0 Å². The van der Waals surface area contributed by atoms with E-state index < -0.39 is 5.91 Å². The summed E-state index contributed by atoms with van der Waals surface area (Å²) < 4.78 is 1.07. The van der Waals surface area contributed by atoms with Crippen LogP contribution >= 0.6 is 22.6 Å². The molecule has 0 saturated heterocycles. The van der Waals surface area contributed by atoms with Crippen molar-refractivity contribution in [2.45, 2.75) is 6.54 Å². The first-order valence-corrected chi connectivity index (χ1v) is 9.53. The zero-order valence-corrected chi connectivity index (χ0v) is 17.2. The van der Waals surface area contributed by atoms with Crippen molar-refractivity contribution in [3.05, 3.63) is 75.1 Å². The SMILES string of the molecule is CNC(=O)c1nc(-c2cccc(CNC(=O)c3ccc(I)cc3)c2)cnc1N. The van der Waals surface area contributed by atoms with Gasteiger partial charge in [-0.15, -0.1) is 0 Å².